The Hall–Kier alpha value is -1.13. The number of aryl methyl sites for hydroxylation is 1. The number of thiophene rings is 1. The van der Waals surface area contributed by atoms with Crippen LogP contribution in [-0.2, 0) is 6.42 Å². The summed E-state index contributed by atoms with van der Waals surface area (Å²) in [6.07, 6.45) is 0.885. The van der Waals surface area contributed by atoms with E-state index >= 15 is 0 Å². The second kappa shape index (κ2) is 6.87. The maximum absolute atomic E-state index is 12.3. The van der Waals surface area contributed by atoms with Crippen LogP contribution >= 0.6 is 27.3 Å². The fourth-order valence-corrected chi connectivity index (χ4v) is 3.37. The Labute approximate surface area is 126 Å². The van der Waals surface area contributed by atoms with Crippen LogP contribution in [0.1, 0.15) is 33.8 Å². The topological polar surface area (TPSA) is 29.1 Å². The molecule has 0 fully saturated rings. The number of amides is 1. The van der Waals surface area contributed by atoms with Crippen molar-refractivity contribution in [3.05, 3.63) is 57.8 Å². The van der Waals surface area contributed by atoms with Crippen molar-refractivity contribution in [1.82, 2.24) is 5.32 Å². The van der Waals surface area contributed by atoms with Gasteiger partial charge in [0.1, 0.15) is 0 Å². The molecule has 100 valence electrons. The third kappa shape index (κ3) is 3.45. The van der Waals surface area contributed by atoms with Crippen molar-refractivity contribution < 1.29 is 4.79 Å². The number of alkyl halides is 1. The molecule has 0 radical (unpaired) electrons. The van der Waals surface area contributed by atoms with Gasteiger partial charge in [-0.3, -0.25) is 4.79 Å². The van der Waals surface area contributed by atoms with Gasteiger partial charge in [-0.2, -0.15) is 0 Å². The molecule has 2 rings (SSSR count). The lowest BCUT2D eigenvalue weighted by Crippen LogP contribution is -2.29. The summed E-state index contributed by atoms with van der Waals surface area (Å²) >= 11 is 4.97. The minimum atomic E-state index is 0.000469. The third-order valence-electron chi connectivity index (χ3n) is 3.00. The Morgan fingerprint density at radius 3 is 2.68 bits per heavy atom. The van der Waals surface area contributed by atoms with Crippen molar-refractivity contribution in [1.29, 1.82) is 0 Å². The summed E-state index contributed by atoms with van der Waals surface area (Å²) < 4.78 is 0. The summed E-state index contributed by atoms with van der Waals surface area (Å²) in [4.78, 5) is 13.1. The highest BCUT2D eigenvalue weighted by Gasteiger charge is 2.17. The second-order valence-corrected chi connectivity index (χ2v) is 5.78. The highest BCUT2D eigenvalue weighted by atomic mass is 79.9. The zero-order chi connectivity index (χ0) is 13.7. The largest absolute Gasteiger partial charge is 0.344 e. The molecule has 0 saturated carbocycles. The summed E-state index contributed by atoms with van der Waals surface area (Å²) in [5.74, 6) is 0.0140. The molecule has 0 saturated heterocycles. The summed E-state index contributed by atoms with van der Waals surface area (Å²) in [7, 11) is 0. The molecule has 0 aliphatic heterocycles. The molecule has 0 aliphatic rings. The molecule has 1 amide bonds. The molecule has 0 aliphatic carbocycles. The Bertz CT molecular complexity index is 538. The van der Waals surface area contributed by atoms with Gasteiger partial charge in [0.15, 0.2) is 0 Å². The van der Waals surface area contributed by atoms with Gasteiger partial charge >= 0.3 is 0 Å². The summed E-state index contributed by atoms with van der Waals surface area (Å²) in [6, 6.07) is 12.0. The lowest BCUT2D eigenvalue weighted by molar-refractivity contribution is 0.0944. The first-order chi connectivity index (χ1) is 9.26. The van der Waals surface area contributed by atoms with Crippen LogP contribution in [0, 0.1) is 0 Å². The van der Waals surface area contributed by atoms with E-state index in [1.807, 2.05) is 41.8 Å². The van der Waals surface area contributed by atoms with E-state index in [0.717, 1.165) is 22.4 Å². The van der Waals surface area contributed by atoms with Crippen LogP contribution in [0.5, 0.6) is 0 Å². The number of nitrogens with one attached hydrogen (secondary N) is 1. The third-order valence-corrected chi connectivity index (χ3v) is 4.60. The zero-order valence-electron chi connectivity index (χ0n) is 10.7. The van der Waals surface area contributed by atoms with Gasteiger partial charge in [0, 0.05) is 5.33 Å². The fourth-order valence-electron chi connectivity index (χ4n) is 1.93. The van der Waals surface area contributed by atoms with Crippen LogP contribution in [-0.4, -0.2) is 11.2 Å². The smallest absolute Gasteiger partial charge is 0.262 e. The van der Waals surface area contributed by atoms with Crippen molar-refractivity contribution in [2.45, 2.75) is 19.4 Å². The predicted molar refractivity (Wildman–Crippen MR) is 84.1 cm³/mol. The molecule has 2 aromatic rings. The van der Waals surface area contributed by atoms with E-state index in [4.69, 9.17) is 0 Å². The summed E-state index contributed by atoms with van der Waals surface area (Å²) in [6.45, 7) is 2.07. The molecular weight excluding hydrogens is 322 g/mol. The molecule has 2 nitrogen and oxygen atoms in total. The van der Waals surface area contributed by atoms with Gasteiger partial charge in [-0.15, -0.1) is 11.3 Å². The SMILES string of the molecule is CCc1ccsc1C(=O)NC(CBr)c1ccccc1. The first kappa shape index (κ1) is 14.3. The number of carbonyl (C=O) groups excluding carboxylic acids is 1. The van der Waals surface area contributed by atoms with Crippen molar-refractivity contribution in [3.8, 4) is 0 Å². The number of benzene rings is 1. The number of hydrogen-bond acceptors (Lipinski definition) is 2. The number of halogens is 1. The minimum absolute atomic E-state index is 0.000469. The lowest BCUT2D eigenvalue weighted by Gasteiger charge is -2.16. The molecule has 1 atom stereocenters. The zero-order valence-corrected chi connectivity index (χ0v) is 13.1. The molecule has 1 heterocycles. The van der Waals surface area contributed by atoms with Crippen molar-refractivity contribution in [2.75, 3.05) is 5.33 Å². The van der Waals surface area contributed by atoms with E-state index in [1.165, 1.54) is 11.3 Å². The van der Waals surface area contributed by atoms with Gasteiger partial charge in [-0.05, 0) is 29.0 Å². The van der Waals surface area contributed by atoms with Crippen molar-refractivity contribution in [3.63, 3.8) is 0 Å². The Morgan fingerprint density at radius 2 is 2.05 bits per heavy atom. The van der Waals surface area contributed by atoms with Crippen LogP contribution in [0.4, 0.5) is 0 Å². The predicted octanol–water partition coefficient (Wildman–Crippen LogP) is 4.18. The molecule has 1 N–H and O–H groups in total. The average molecular weight is 338 g/mol. The first-order valence-electron chi connectivity index (χ1n) is 6.24. The number of rotatable bonds is 5. The standard InChI is InChI=1S/C15H16BrNOS/c1-2-11-8-9-19-14(11)15(18)17-13(10-16)12-6-4-3-5-7-12/h3-9,13H,2,10H2,1H3,(H,17,18). The molecule has 4 heteroatoms. The maximum atomic E-state index is 12.3. The number of carbonyl (C=O) groups is 1. The number of hydrogen-bond donors (Lipinski definition) is 1. The molecule has 19 heavy (non-hydrogen) atoms. The highest BCUT2D eigenvalue weighted by Crippen LogP contribution is 2.20. The van der Waals surface area contributed by atoms with E-state index in [0.29, 0.717) is 5.33 Å². The van der Waals surface area contributed by atoms with Gasteiger partial charge in [0.05, 0.1) is 10.9 Å². The Kier molecular flexibility index (Phi) is 5.16. The van der Waals surface area contributed by atoms with Gasteiger partial charge in [-0.25, -0.2) is 0 Å². The van der Waals surface area contributed by atoms with Crippen LogP contribution < -0.4 is 5.32 Å². The average Bonchev–Trinajstić information content (AvgIpc) is 2.94. The van der Waals surface area contributed by atoms with Crippen molar-refractivity contribution in [2.24, 2.45) is 0 Å². The summed E-state index contributed by atoms with van der Waals surface area (Å²) in [5, 5.41) is 5.76. The van der Waals surface area contributed by atoms with E-state index < -0.39 is 0 Å². The monoisotopic (exact) mass is 337 g/mol. The van der Waals surface area contributed by atoms with Crippen LogP contribution in [0.2, 0.25) is 0 Å². The maximum Gasteiger partial charge on any atom is 0.262 e. The fraction of sp³-hybridized carbons (Fsp3) is 0.267. The molecule has 0 spiro atoms. The molecule has 0 bridgehead atoms. The summed E-state index contributed by atoms with van der Waals surface area (Å²) in [5.41, 5.74) is 2.23. The van der Waals surface area contributed by atoms with E-state index in [9.17, 15) is 4.79 Å². The van der Waals surface area contributed by atoms with Crippen LogP contribution in [0.3, 0.4) is 0 Å². The van der Waals surface area contributed by atoms with Gasteiger partial charge in [-0.1, -0.05) is 53.2 Å². The van der Waals surface area contributed by atoms with Gasteiger partial charge < -0.3 is 5.32 Å². The van der Waals surface area contributed by atoms with E-state index in [-0.39, 0.29) is 11.9 Å². The highest BCUT2D eigenvalue weighted by molar-refractivity contribution is 9.09. The Balaban J connectivity index is 2.13. The lowest BCUT2D eigenvalue weighted by atomic mass is 10.1. The second-order valence-electron chi connectivity index (χ2n) is 4.22. The molecule has 1 unspecified atom stereocenters. The molecule has 1 aromatic heterocycles. The molecule has 1 aromatic carbocycles. The van der Waals surface area contributed by atoms with Crippen LogP contribution in [0.15, 0.2) is 41.8 Å². The van der Waals surface area contributed by atoms with E-state index in [2.05, 4.69) is 28.2 Å². The van der Waals surface area contributed by atoms with Gasteiger partial charge in [0.25, 0.3) is 5.91 Å². The van der Waals surface area contributed by atoms with Gasteiger partial charge in [0.2, 0.25) is 0 Å². The van der Waals surface area contributed by atoms with Crippen molar-refractivity contribution >= 4 is 33.2 Å². The molecular formula is C15H16BrNOS. The quantitative estimate of drug-likeness (QED) is 0.815. The Morgan fingerprint density at radius 1 is 1.32 bits per heavy atom. The van der Waals surface area contributed by atoms with E-state index in [1.54, 1.807) is 0 Å². The normalized spacial score (nSPS) is 12.1. The first-order valence-corrected chi connectivity index (χ1v) is 8.24. The van der Waals surface area contributed by atoms with Crippen LogP contribution in [0.25, 0.3) is 0 Å². The minimum Gasteiger partial charge on any atom is -0.344 e.